The molecule has 8 rings (SSSR count). The summed E-state index contributed by atoms with van der Waals surface area (Å²) in [6, 6.07) is 59.3. The van der Waals surface area contributed by atoms with E-state index < -0.39 is 0 Å². The van der Waals surface area contributed by atoms with Gasteiger partial charge in [0.15, 0.2) is 5.78 Å². The third-order valence-corrected chi connectivity index (χ3v) is 9.18. The van der Waals surface area contributed by atoms with Crippen molar-refractivity contribution in [1.82, 2.24) is 0 Å². The summed E-state index contributed by atoms with van der Waals surface area (Å²) in [5.41, 5.74) is 18.5. The minimum absolute atomic E-state index is 0.0632. The Morgan fingerprint density at radius 2 is 0.915 bits per heavy atom. The van der Waals surface area contributed by atoms with Crippen LogP contribution >= 0.6 is 0 Å². The van der Waals surface area contributed by atoms with Crippen molar-refractivity contribution in [3.05, 3.63) is 220 Å². The fraction of sp³-hybridized carbons (Fsp3) is 0.0889. The summed E-state index contributed by atoms with van der Waals surface area (Å²) < 4.78 is 0. The van der Waals surface area contributed by atoms with Crippen LogP contribution in [0.1, 0.15) is 66.7 Å². The van der Waals surface area contributed by atoms with E-state index in [-0.39, 0.29) is 17.6 Å². The average Bonchev–Trinajstić information content (AvgIpc) is 3.45. The molecule has 0 spiro atoms. The molecule has 0 aliphatic heterocycles. The van der Waals surface area contributed by atoms with E-state index in [1.807, 2.05) is 24.3 Å². The lowest BCUT2D eigenvalue weighted by Gasteiger charge is -2.27. The van der Waals surface area contributed by atoms with E-state index in [9.17, 15) is 4.79 Å². The Bertz CT molecular complexity index is 1950. The van der Waals surface area contributed by atoms with E-state index in [0.29, 0.717) is 6.42 Å². The van der Waals surface area contributed by atoms with Gasteiger partial charge in [-0.2, -0.15) is 0 Å². The van der Waals surface area contributed by atoms with Gasteiger partial charge in [-0.1, -0.05) is 175 Å². The van der Waals surface area contributed by atoms with E-state index in [0.717, 1.165) is 27.8 Å². The molecule has 0 atom stereocenters. The first-order valence-corrected chi connectivity index (χ1v) is 16.2. The van der Waals surface area contributed by atoms with Gasteiger partial charge in [-0.15, -0.1) is 0 Å². The first-order valence-electron chi connectivity index (χ1n) is 16.2. The maximum Gasteiger partial charge on any atom is 0.167 e. The van der Waals surface area contributed by atoms with Gasteiger partial charge in [0.2, 0.25) is 0 Å². The largest absolute Gasteiger partial charge is 0.398 e. The molecule has 2 nitrogen and oxygen atoms in total. The van der Waals surface area contributed by atoms with Crippen molar-refractivity contribution in [2.75, 3.05) is 5.73 Å². The first kappa shape index (κ1) is 30.0. The van der Waals surface area contributed by atoms with Crippen molar-refractivity contribution in [3.63, 3.8) is 0 Å². The van der Waals surface area contributed by atoms with E-state index in [2.05, 4.69) is 153 Å². The molecule has 0 heterocycles. The number of Topliss-reactive ketones (excluding diaryl/α,β-unsaturated/α-hetero) is 1. The van der Waals surface area contributed by atoms with Crippen LogP contribution in [0.25, 0.3) is 10.8 Å². The molecule has 1 aliphatic rings. The van der Waals surface area contributed by atoms with Crippen LogP contribution in [0, 0.1) is 6.92 Å². The molecule has 0 bridgehead atoms. The summed E-state index contributed by atoms with van der Waals surface area (Å²) in [5, 5.41) is 2.34. The molecule has 0 amide bonds. The molecule has 2 N–H and O–H groups in total. The molecule has 0 radical (unpaired) electrons. The number of hydrogen-bond donors (Lipinski definition) is 1. The highest BCUT2D eigenvalue weighted by Gasteiger charge is 2.26. The fourth-order valence-corrected chi connectivity index (χ4v) is 7.08. The Morgan fingerprint density at radius 1 is 0.511 bits per heavy atom. The molecule has 0 saturated heterocycles. The lowest BCUT2D eigenvalue weighted by atomic mass is 9.78. The minimum Gasteiger partial charge on any atom is -0.398 e. The van der Waals surface area contributed by atoms with Crippen molar-refractivity contribution >= 4 is 22.2 Å². The number of benzene rings is 7. The lowest BCUT2D eigenvalue weighted by Crippen LogP contribution is -2.13. The van der Waals surface area contributed by atoms with E-state index in [1.165, 1.54) is 38.8 Å². The van der Waals surface area contributed by atoms with E-state index >= 15 is 0 Å². The second-order valence-corrected chi connectivity index (χ2v) is 12.3. The first-order chi connectivity index (χ1) is 23.1. The van der Waals surface area contributed by atoms with Crippen LogP contribution in [-0.4, -0.2) is 5.78 Å². The van der Waals surface area contributed by atoms with E-state index in [1.54, 1.807) is 0 Å². The Morgan fingerprint density at radius 3 is 1.34 bits per heavy atom. The highest BCUT2D eigenvalue weighted by atomic mass is 16.1. The van der Waals surface area contributed by atoms with Gasteiger partial charge < -0.3 is 5.73 Å². The predicted octanol–water partition coefficient (Wildman–Crippen LogP) is 10.5. The zero-order chi connectivity index (χ0) is 32.2. The molecule has 7 aromatic carbocycles. The zero-order valence-corrected chi connectivity index (χ0v) is 26.5. The predicted molar refractivity (Wildman–Crippen MR) is 195 cm³/mol. The normalized spacial score (nSPS) is 11.9. The summed E-state index contributed by atoms with van der Waals surface area (Å²) in [6.45, 7) is 2.17. The topological polar surface area (TPSA) is 43.1 Å². The van der Waals surface area contributed by atoms with Gasteiger partial charge >= 0.3 is 0 Å². The van der Waals surface area contributed by atoms with Crippen LogP contribution < -0.4 is 5.73 Å². The number of aryl methyl sites for hydroxylation is 1. The van der Waals surface area contributed by atoms with Crippen LogP contribution in [0.5, 0.6) is 0 Å². The molecular formula is C45H37NO. The van der Waals surface area contributed by atoms with Gasteiger partial charge in [0.25, 0.3) is 0 Å². The number of rotatable bonds is 6. The Labute approximate surface area is 277 Å². The van der Waals surface area contributed by atoms with Crippen molar-refractivity contribution < 1.29 is 4.79 Å². The maximum absolute atomic E-state index is 11.5. The second kappa shape index (κ2) is 13.3. The van der Waals surface area contributed by atoms with Crippen molar-refractivity contribution in [2.45, 2.75) is 25.2 Å². The van der Waals surface area contributed by atoms with Crippen molar-refractivity contribution in [2.24, 2.45) is 0 Å². The summed E-state index contributed by atoms with van der Waals surface area (Å²) >= 11 is 0. The zero-order valence-electron chi connectivity index (χ0n) is 26.5. The molecule has 7 aromatic rings. The Balaban J connectivity index is 0.000000223. The standard InChI is InChI=1S/C33H29N.C12H8O/c1-24-22-29(31(25-14-6-2-7-15-25)26-16-8-3-9-17-26)33(34)30(23-24)32(27-18-10-4-11-19-27)28-20-12-5-13-21-28;13-11-7-9-5-1-3-8-4-2-6-10(11)12(8)9/h2-23,31-32H,34H2,1H3;1-6H,7H2. The van der Waals surface area contributed by atoms with Gasteiger partial charge in [0, 0.05) is 29.5 Å². The summed E-state index contributed by atoms with van der Waals surface area (Å²) in [4.78, 5) is 11.5. The van der Waals surface area contributed by atoms with Crippen LogP contribution in [0.15, 0.2) is 170 Å². The van der Waals surface area contributed by atoms with Crippen LogP contribution in [0.4, 0.5) is 5.69 Å². The molecule has 1 aliphatic carbocycles. The second-order valence-electron chi connectivity index (χ2n) is 12.3. The number of nitrogens with two attached hydrogens (primary N) is 1. The van der Waals surface area contributed by atoms with Crippen LogP contribution in [0.2, 0.25) is 0 Å². The molecule has 0 fully saturated rings. The summed E-state index contributed by atoms with van der Waals surface area (Å²) in [5.74, 6) is 0.383. The summed E-state index contributed by atoms with van der Waals surface area (Å²) in [6.07, 6.45) is 0.580. The molecule has 228 valence electrons. The minimum atomic E-state index is 0.0632. The Kier molecular flexibility index (Phi) is 8.49. The third kappa shape index (κ3) is 6.11. The molecule has 2 heteroatoms. The molecule has 0 saturated carbocycles. The number of carbonyl (C=O) groups excluding carboxylic acids is 1. The van der Waals surface area contributed by atoms with Gasteiger partial charge in [0.1, 0.15) is 0 Å². The fourth-order valence-electron chi connectivity index (χ4n) is 7.08. The monoisotopic (exact) mass is 607 g/mol. The number of hydrogen-bond acceptors (Lipinski definition) is 2. The van der Waals surface area contributed by atoms with Crippen molar-refractivity contribution in [1.29, 1.82) is 0 Å². The van der Waals surface area contributed by atoms with E-state index in [4.69, 9.17) is 5.73 Å². The van der Waals surface area contributed by atoms with Gasteiger partial charge in [-0.3, -0.25) is 4.79 Å². The van der Waals surface area contributed by atoms with Crippen LogP contribution in [-0.2, 0) is 6.42 Å². The average molecular weight is 608 g/mol. The number of carbonyl (C=O) groups is 1. The quantitative estimate of drug-likeness (QED) is 0.151. The molecular weight excluding hydrogens is 571 g/mol. The third-order valence-electron chi connectivity index (χ3n) is 9.18. The highest BCUT2D eigenvalue weighted by Crippen LogP contribution is 2.42. The highest BCUT2D eigenvalue weighted by molar-refractivity contribution is 6.15. The number of ketones is 1. The van der Waals surface area contributed by atoms with Crippen molar-refractivity contribution in [3.8, 4) is 0 Å². The van der Waals surface area contributed by atoms with Gasteiger partial charge in [-0.05, 0) is 56.6 Å². The number of nitrogen functional groups attached to an aromatic ring is 1. The molecule has 47 heavy (non-hydrogen) atoms. The smallest absolute Gasteiger partial charge is 0.167 e. The Hall–Kier alpha value is -5.73. The SMILES string of the molecule is Cc1cc(C(c2ccccc2)c2ccccc2)c(N)c(C(c2ccccc2)c2ccccc2)c1.O=C1Cc2cccc3cccc1c23. The van der Waals surface area contributed by atoms with Gasteiger partial charge in [-0.25, -0.2) is 0 Å². The number of anilines is 1. The van der Waals surface area contributed by atoms with Crippen LogP contribution in [0.3, 0.4) is 0 Å². The lowest BCUT2D eigenvalue weighted by molar-refractivity contribution is 0.1000. The maximum atomic E-state index is 11.5. The molecule has 0 aromatic heterocycles. The summed E-state index contributed by atoms with van der Waals surface area (Å²) in [7, 11) is 0. The molecule has 0 unspecified atom stereocenters. The van der Waals surface area contributed by atoms with Gasteiger partial charge in [0.05, 0.1) is 0 Å².